The average molecular weight is 360 g/mol. The predicted molar refractivity (Wildman–Crippen MR) is 91.4 cm³/mol. The molecule has 0 fully saturated rings. The number of terminal acetylenes is 1. The zero-order chi connectivity index (χ0) is 19.3. The predicted octanol–water partition coefficient (Wildman–Crippen LogP) is 3.40. The second kappa shape index (κ2) is 7.74. The van der Waals surface area contributed by atoms with Gasteiger partial charge in [0.25, 0.3) is 5.91 Å². The molecule has 0 heterocycles. The van der Waals surface area contributed by atoms with Gasteiger partial charge in [0.2, 0.25) is 5.91 Å². The maximum Gasteiger partial charge on any atom is 0.417 e. The third-order valence-corrected chi connectivity index (χ3v) is 3.50. The summed E-state index contributed by atoms with van der Waals surface area (Å²) in [5, 5.41) is 2.55. The van der Waals surface area contributed by atoms with Crippen LogP contribution >= 0.6 is 0 Å². The average Bonchev–Trinajstić information content (AvgIpc) is 2.60. The van der Waals surface area contributed by atoms with E-state index in [-0.39, 0.29) is 0 Å². The minimum absolute atomic E-state index is 0.411. The highest BCUT2D eigenvalue weighted by Gasteiger charge is 2.35. The minimum Gasteiger partial charge on any atom is -0.332 e. The third-order valence-electron chi connectivity index (χ3n) is 3.50. The number of carbonyl (C=O) groups excluding carboxylic acids is 2. The number of rotatable bonds is 4. The van der Waals surface area contributed by atoms with Crippen LogP contribution in [-0.4, -0.2) is 30.3 Å². The second-order valence-electron chi connectivity index (χ2n) is 5.48. The first-order valence-corrected chi connectivity index (χ1v) is 7.50. The van der Waals surface area contributed by atoms with Crippen molar-refractivity contribution in [2.75, 3.05) is 18.9 Å². The highest BCUT2D eigenvalue weighted by Crippen LogP contribution is 2.32. The molecule has 0 aromatic heterocycles. The summed E-state index contributed by atoms with van der Waals surface area (Å²) < 4.78 is 39.1. The number of alkyl halides is 3. The van der Waals surface area contributed by atoms with Crippen molar-refractivity contribution < 1.29 is 22.8 Å². The van der Waals surface area contributed by atoms with E-state index in [1.54, 1.807) is 24.3 Å². The number of hydrogen-bond donors (Lipinski definition) is 1. The third kappa shape index (κ3) is 4.63. The summed E-state index contributed by atoms with van der Waals surface area (Å²) in [7, 11) is 1.26. The molecular weight excluding hydrogens is 345 g/mol. The topological polar surface area (TPSA) is 49.4 Å². The van der Waals surface area contributed by atoms with E-state index in [9.17, 15) is 22.8 Å². The summed E-state index contributed by atoms with van der Waals surface area (Å²) >= 11 is 0. The van der Waals surface area contributed by atoms with Crippen molar-refractivity contribution >= 4 is 17.5 Å². The Morgan fingerprint density at radius 1 is 1.15 bits per heavy atom. The number of halogens is 3. The number of hydrogen-bond acceptors (Lipinski definition) is 2. The van der Waals surface area contributed by atoms with Crippen molar-refractivity contribution in [3.63, 3.8) is 0 Å². The summed E-state index contributed by atoms with van der Waals surface area (Å²) in [5.41, 5.74) is -0.558. The highest BCUT2D eigenvalue weighted by atomic mass is 19.4. The van der Waals surface area contributed by atoms with Crippen LogP contribution in [0.15, 0.2) is 48.5 Å². The molecule has 0 saturated carbocycles. The molecule has 134 valence electrons. The minimum atomic E-state index is -4.66. The van der Waals surface area contributed by atoms with Gasteiger partial charge in [-0.3, -0.25) is 9.59 Å². The number of likely N-dealkylation sites (N-methyl/N-ethyl adjacent to an activating group) is 1. The van der Waals surface area contributed by atoms with E-state index in [2.05, 4.69) is 11.2 Å². The van der Waals surface area contributed by atoms with Gasteiger partial charge in [0.05, 0.1) is 17.7 Å². The molecule has 0 atom stereocenters. The van der Waals surface area contributed by atoms with Crippen LogP contribution in [0.3, 0.4) is 0 Å². The first kappa shape index (κ1) is 19.1. The molecule has 0 bridgehead atoms. The van der Waals surface area contributed by atoms with Crippen molar-refractivity contribution in [1.29, 1.82) is 0 Å². The molecule has 2 aromatic carbocycles. The Hall–Kier alpha value is -3.27. The van der Waals surface area contributed by atoms with Gasteiger partial charge in [0, 0.05) is 18.3 Å². The van der Waals surface area contributed by atoms with Crippen LogP contribution in [0.5, 0.6) is 0 Å². The van der Waals surface area contributed by atoms with Gasteiger partial charge in [-0.1, -0.05) is 24.1 Å². The lowest BCUT2D eigenvalue weighted by atomic mass is 10.1. The van der Waals surface area contributed by atoms with Crippen LogP contribution < -0.4 is 5.32 Å². The van der Waals surface area contributed by atoms with Gasteiger partial charge < -0.3 is 10.2 Å². The van der Waals surface area contributed by atoms with Crippen molar-refractivity contribution in [2.45, 2.75) is 6.18 Å². The second-order valence-corrected chi connectivity index (χ2v) is 5.48. The smallest absolute Gasteiger partial charge is 0.332 e. The number of nitrogens with one attached hydrogen (secondary N) is 1. The molecule has 1 N–H and O–H groups in total. The molecule has 0 aliphatic heterocycles. The molecule has 0 unspecified atom stereocenters. The zero-order valence-electron chi connectivity index (χ0n) is 13.8. The molecule has 0 aliphatic carbocycles. The van der Waals surface area contributed by atoms with Crippen LogP contribution in [0.4, 0.5) is 18.9 Å². The van der Waals surface area contributed by atoms with Crippen molar-refractivity contribution in [3.8, 4) is 12.3 Å². The fourth-order valence-electron chi connectivity index (χ4n) is 2.30. The van der Waals surface area contributed by atoms with E-state index in [0.717, 1.165) is 17.0 Å². The summed E-state index contributed by atoms with van der Waals surface area (Å²) in [5.74, 6) is 0.965. The summed E-state index contributed by atoms with van der Waals surface area (Å²) in [6.07, 6.45) is 0.614. The van der Waals surface area contributed by atoms with Gasteiger partial charge in [0.1, 0.15) is 0 Å². The SMILES string of the molecule is C#Cc1cccc(NC(=O)CN(C)C(=O)c2ccccc2C(F)(F)F)c1. The Bertz CT molecular complexity index is 870. The van der Waals surface area contributed by atoms with E-state index in [0.29, 0.717) is 11.3 Å². The largest absolute Gasteiger partial charge is 0.417 e. The van der Waals surface area contributed by atoms with Crippen LogP contribution in [0, 0.1) is 12.3 Å². The van der Waals surface area contributed by atoms with Crippen LogP contribution in [0.25, 0.3) is 0 Å². The Balaban J connectivity index is 2.10. The molecule has 2 aromatic rings. The lowest BCUT2D eigenvalue weighted by Gasteiger charge is -2.19. The molecule has 2 rings (SSSR count). The molecule has 0 radical (unpaired) electrons. The van der Waals surface area contributed by atoms with Crippen molar-refractivity contribution in [2.24, 2.45) is 0 Å². The Labute approximate surface area is 148 Å². The van der Waals surface area contributed by atoms with Crippen LogP contribution in [0.1, 0.15) is 21.5 Å². The summed E-state index contributed by atoms with van der Waals surface area (Å²) in [6.45, 7) is -0.411. The number of amides is 2. The van der Waals surface area contributed by atoms with E-state index >= 15 is 0 Å². The summed E-state index contributed by atoms with van der Waals surface area (Å²) in [4.78, 5) is 25.3. The van der Waals surface area contributed by atoms with Crippen molar-refractivity contribution in [3.05, 3.63) is 65.2 Å². The van der Waals surface area contributed by atoms with Gasteiger partial charge in [-0.05, 0) is 30.3 Å². The molecular formula is C19H15F3N2O2. The van der Waals surface area contributed by atoms with Gasteiger partial charge in [0.15, 0.2) is 0 Å². The molecule has 4 nitrogen and oxygen atoms in total. The van der Waals surface area contributed by atoms with E-state index in [4.69, 9.17) is 6.42 Å². The van der Waals surface area contributed by atoms with E-state index in [1.165, 1.54) is 19.2 Å². The standard InChI is InChI=1S/C19H15F3N2O2/c1-3-13-7-6-8-14(11-13)23-17(25)12-24(2)18(26)15-9-4-5-10-16(15)19(20,21)22/h1,4-11H,12H2,2H3,(H,23,25). The molecule has 7 heteroatoms. The van der Waals surface area contributed by atoms with Crippen LogP contribution in [0.2, 0.25) is 0 Å². The molecule has 2 amide bonds. The first-order valence-electron chi connectivity index (χ1n) is 7.50. The summed E-state index contributed by atoms with van der Waals surface area (Å²) in [6, 6.07) is 11.0. The van der Waals surface area contributed by atoms with E-state index in [1.807, 2.05) is 0 Å². The van der Waals surface area contributed by atoms with Gasteiger partial charge >= 0.3 is 6.18 Å². The lowest BCUT2D eigenvalue weighted by molar-refractivity contribution is -0.138. The highest BCUT2D eigenvalue weighted by molar-refractivity contribution is 6.00. The first-order chi connectivity index (χ1) is 12.2. The lowest BCUT2D eigenvalue weighted by Crippen LogP contribution is -2.35. The molecule has 26 heavy (non-hydrogen) atoms. The molecule has 0 aliphatic rings. The number of carbonyl (C=O) groups is 2. The van der Waals surface area contributed by atoms with Gasteiger partial charge in [-0.15, -0.1) is 6.42 Å². The maximum absolute atomic E-state index is 13.0. The fraction of sp³-hybridized carbons (Fsp3) is 0.158. The number of anilines is 1. The zero-order valence-corrected chi connectivity index (χ0v) is 13.8. The Kier molecular flexibility index (Phi) is 5.68. The Morgan fingerprint density at radius 2 is 1.85 bits per heavy atom. The van der Waals surface area contributed by atoms with Gasteiger partial charge in [-0.2, -0.15) is 13.2 Å². The van der Waals surface area contributed by atoms with Gasteiger partial charge in [-0.25, -0.2) is 0 Å². The molecule has 0 spiro atoms. The Morgan fingerprint density at radius 3 is 2.50 bits per heavy atom. The fourth-order valence-corrected chi connectivity index (χ4v) is 2.30. The maximum atomic E-state index is 13.0. The van der Waals surface area contributed by atoms with E-state index < -0.39 is 35.7 Å². The molecule has 0 saturated heterocycles. The monoisotopic (exact) mass is 360 g/mol. The quantitative estimate of drug-likeness (QED) is 0.850. The number of benzene rings is 2. The van der Waals surface area contributed by atoms with Crippen LogP contribution in [-0.2, 0) is 11.0 Å². The normalized spacial score (nSPS) is 10.7. The number of nitrogens with zero attached hydrogens (tertiary/aromatic N) is 1. The van der Waals surface area contributed by atoms with Crippen molar-refractivity contribution in [1.82, 2.24) is 4.90 Å².